The van der Waals surface area contributed by atoms with Crippen molar-refractivity contribution >= 4 is 17.8 Å². The molecular weight excluding hydrogens is 275 g/mol. The number of H-pyrrole nitrogens is 1. The van der Waals surface area contributed by atoms with E-state index >= 15 is 0 Å². The number of hydrogen-bond acceptors (Lipinski definition) is 5. The van der Waals surface area contributed by atoms with E-state index in [1.54, 1.807) is 4.98 Å². The number of aromatic amines is 1. The van der Waals surface area contributed by atoms with Gasteiger partial charge in [-0.2, -0.15) is 21.4 Å². The summed E-state index contributed by atoms with van der Waals surface area (Å²) < 4.78 is 13.4. The van der Waals surface area contributed by atoms with Crippen molar-refractivity contribution in [2.24, 2.45) is 0 Å². The van der Waals surface area contributed by atoms with Gasteiger partial charge in [-0.25, -0.2) is 14.2 Å². The van der Waals surface area contributed by atoms with Crippen molar-refractivity contribution in [2.45, 2.75) is 6.42 Å². The van der Waals surface area contributed by atoms with Crippen molar-refractivity contribution in [3.8, 4) is 6.07 Å². The Hall–Kier alpha value is -2.08. The van der Waals surface area contributed by atoms with Gasteiger partial charge in [-0.3, -0.25) is 9.78 Å². The van der Waals surface area contributed by atoms with Crippen molar-refractivity contribution in [1.29, 1.82) is 5.26 Å². The van der Waals surface area contributed by atoms with Crippen molar-refractivity contribution < 1.29 is 9.18 Å². The molecule has 0 saturated heterocycles. The van der Waals surface area contributed by atoms with Crippen LogP contribution in [-0.4, -0.2) is 33.6 Å². The van der Waals surface area contributed by atoms with Gasteiger partial charge in [0.25, 0.3) is 5.56 Å². The highest BCUT2D eigenvalue weighted by molar-refractivity contribution is 7.99. The van der Waals surface area contributed by atoms with Crippen LogP contribution >= 0.6 is 11.8 Å². The third-order valence-electron chi connectivity index (χ3n) is 2.00. The quantitative estimate of drug-likeness (QED) is 0.734. The first kappa shape index (κ1) is 15.0. The fourth-order valence-corrected chi connectivity index (χ4v) is 1.82. The number of nitrogens with one attached hydrogen (secondary N) is 2. The number of halogens is 1. The minimum Gasteiger partial charge on any atom is -0.336 e. The van der Waals surface area contributed by atoms with E-state index in [0.29, 0.717) is 28.7 Å². The van der Waals surface area contributed by atoms with Crippen molar-refractivity contribution in [3.63, 3.8) is 0 Å². The van der Waals surface area contributed by atoms with E-state index < -0.39 is 23.1 Å². The van der Waals surface area contributed by atoms with Crippen LogP contribution in [0, 0.1) is 17.1 Å². The molecule has 102 valence electrons. The molecule has 0 radical (unpaired) electrons. The average Bonchev–Trinajstić information content (AvgIpc) is 2.37. The Kier molecular flexibility index (Phi) is 5.81. The van der Waals surface area contributed by atoms with Crippen molar-refractivity contribution in [2.75, 3.05) is 18.1 Å². The molecule has 0 fully saturated rings. The summed E-state index contributed by atoms with van der Waals surface area (Å²) in [5.74, 6) is 0.00583. The monoisotopic (exact) mass is 286 g/mol. The molecule has 9 heteroatoms. The Morgan fingerprint density at radius 2 is 2.26 bits per heavy atom. The van der Waals surface area contributed by atoms with Crippen molar-refractivity contribution in [1.82, 2.24) is 14.9 Å². The molecule has 7 nitrogen and oxygen atoms in total. The molecule has 1 aromatic heterocycles. The number of nitriles is 1. The second kappa shape index (κ2) is 7.38. The summed E-state index contributed by atoms with van der Waals surface area (Å²) in [5, 5.41) is 10.7. The summed E-state index contributed by atoms with van der Waals surface area (Å²) in [6.45, 7) is 0.266. The maximum absolute atomic E-state index is 12.9. The number of amides is 1. The van der Waals surface area contributed by atoms with Gasteiger partial charge in [0, 0.05) is 24.5 Å². The molecule has 0 aliphatic carbocycles. The molecule has 0 spiro atoms. The largest absolute Gasteiger partial charge is 0.336 e. The lowest BCUT2D eigenvalue weighted by Gasteiger charge is -2.06. The average molecular weight is 286 g/mol. The first-order chi connectivity index (χ1) is 9.06. The number of thioether (sulfide) groups is 1. The predicted molar refractivity (Wildman–Crippen MR) is 67.6 cm³/mol. The van der Waals surface area contributed by atoms with E-state index in [2.05, 4.69) is 5.32 Å². The molecular formula is C10H11FN4O3S. The molecule has 0 unspecified atom stereocenters. The summed E-state index contributed by atoms with van der Waals surface area (Å²) in [6, 6.07) is 1.16. The van der Waals surface area contributed by atoms with Crippen LogP contribution in [0.4, 0.5) is 9.18 Å². The van der Waals surface area contributed by atoms with E-state index in [4.69, 9.17) is 5.26 Å². The number of rotatable bonds is 5. The van der Waals surface area contributed by atoms with E-state index in [0.717, 1.165) is 0 Å². The molecule has 1 aromatic rings. The fraction of sp³-hybridized carbons (Fsp3) is 0.400. The highest BCUT2D eigenvalue weighted by Gasteiger charge is 2.09. The second-order valence-electron chi connectivity index (χ2n) is 3.36. The lowest BCUT2D eigenvalue weighted by atomic mass is 10.6. The SMILES string of the molecule is N#CCCSCCNC(=O)n1cc(F)c(=O)[nH]c1=O. The molecule has 1 rings (SSSR count). The third-order valence-corrected chi connectivity index (χ3v) is 2.98. The molecule has 0 aliphatic rings. The third kappa shape index (κ3) is 4.59. The Morgan fingerprint density at radius 3 is 2.95 bits per heavy atom. The first-order valence-electron chi connectivity index (χ1n) is 5.30. The molecule has 0 aromatic carbocycles. The zero-order chi connectivity index (χ0) is 14.3. The van der Waals surface area contributed by atoms with Gasteiger partial charge >= 0.3 is 11.7 Å². The summed E-state index contributed by atoms with van der Waals surface area (Å²) in [5.41, 5.74) is -2.16. The van der Waals surface area contributed by atoms with Gasteiger partial charge in [-0.15, -0.1) is 0 Å². The van der Waals surface area contributed by atoms with Crippen LogP contribution in [0.2, 0.25) is 0 Å². The molecule has 1 amide bonds. The van der Waals surface area contributed by atoms with Crippen LogP contribution in [0.15, 0.2) is 15.8 Å². The normalized spacial score (nSPS) is 9.89. The smallest absolute Gasteiger partial charge is 0.336 e. The van der Waals surface area contributed by atoms with Crippen LogP contribution < -0.4 is 16.6 Å². The maximum atomic E-state index is 12.9. The minimum atomic E-state index is -1.21. The van der Waals surface area contributed by atoms with Gasteiger partial charge in [0.1, 0.15) is 0 Å². The topological polar surface area (TPSA) is 108 Å². The van der Waals surface area contributed by atoms with Gasteiger partial charge < -0.3 is 5.32 Å². The van der Waals surface area contributed by atoms with Crippen molar-refractivity contribution in [3.05, 3.63) is 32.9 Å². The second-order valence-corrected chi connectivity index (χ2v) is 4.58. The molecule has 0 bridgehead atoms. The summed E-state index contributed by atoms with van der Waals surface area (Å²) >= 11 is 1.47. The predicted octanol–water partition coefficient (Wildman–Crippen LogP) is -0.120. The van der Waals surface area contributed by atoms with Crippen LogP contribution in [0.1, 0.15) is 6.42 Å². The summed E-state index contributed by atoms with van der Waals surface area (Å²) in [7, 11) is 0. The molecule has 0 aliphatic heterocycles. The summed E-state index contributed by atoms with van der Waals surface area (Å²) in [6.07, 6.45) is 0.961. The Bertz CT molecular complexity index is 604. The number of carbonyl (C=O) groups is 1. The first-order valence-corrected chi connectivity index (χ1v) is 6.46. The van der Waals surface area contributed by atoms with E-state index in [-0.39, 0.29) is 6.54 Å². The number of carbonyl (C=O) groups excluding carboxylic acids is 1. The van der Waals surface area contributed by atoms with Gasteiger partial charge in [-0.1, -0.05) is 0 Å². The lowest BCUT2D eigenvalue weighted by molar-refractivity contribution is 0.241. The van der Waals surface area contributed by atoms with Gasteiger partial charge in [0.15, 0.2) is 0 Å². The highest BCUT2D eigenvalue weighted by atomic mass is 32.2. The molecule has 0 saturated carbocycles. The maximum Gasteiger partial charge on any atom is 0.336 e. The standard InChI is InChI=1S/C10H11FN4O3S/c11-7-6-15(10(18)14-8(7)16)9(17)13-3-5-19-4-1-2-12/h6H,1,3-5H2,(H,13,17)(H,14,16,18). The van der Waals surface area contributed by atoms with Crippen LogP contribution in [0.3, 0.4) is 0 Å². The van der Waals surface area contributed by atoms with Crippen LogP contribution in [0.5, 0.6) is 0 Å². The van der Waals surface area contributed by atoms with Crippen LogP contribution in [0.25, 0.3) is 0 Å². The van der Waals surface area contributed by atoms with E-state index in [9.17, 15) is 18.8 Å². The molecule has 2 N–H and O–H groups in total. The zero-order valence-electron chi connectivity index (χ0n) is 9.81. The van der Waals surface area contributed by atoms with E-state index in [1.807, 2.05) is 6.07 Å². The molecule has 1 heterocycles. The fourth-order valence-electron chi connectivity index (χ4n) is 1.13. The number of hydrogen-bond donors (Lipinski definition) is 2. The Labute approximate surface area is 111 Å². The Morgan fingerprint density at radius 1 is 1.53 bits per heavy atom. The molecule has 0 atom stereocenters. The highest BCUT2D eigenvalue weighted by Crippen LogP contribution is 1.99. The minimum absolute atomic E-state index is 0.266. The zero-order valence-corrected chi connectivity index (χ0v) is 10.6. The van der Waals surface area contributed by atoms with Gasteiger partial charge in [-0.05, 0) is 0 Å². The number of nitrogens with zero attached hydrogens (tertiary/aromatic N) is 2. The number of aromatic nitrogens is 2. The summed E-state index contributed by atoms with van der Waals surface area (Å²) in [4.78, 5) is 35.2. The van der Waals surface area contributed by atoms with Crippen LogP contribution in [-0.2, 0) is 0 Å². The molecule has 19 heavy (non-hydrogen) atoms. The lowest BCUT2D eigenvalue weighted by Crippen LogP contribution is -2.41. The van der Waals surface area contributed by atoms with Gasteiger partial charge in [0.2, 0.25) is 5.82 Å². The Balaban J connectivity index is 2.51. The van der Waals surface area contributed by atoms with E-state index in [1.165, 1.54) is 11.8 Å². The van der Waals surface area contributed by atoms with Gasteiger partial charge in [0.05, 0.1) is 12.3 Å².